The van der Waals surface area contributed by atoms with Crippen molar-refractivity contribution in [3.63, 3.8) is 0 Å². The molecule has 158 valence electrons. The maximum atomic E-state index is 14.1. The molecule has 0 aliphatic rings. The van der Waals surface area contributed by atoms with Gasteiger partial charge in [0.15, 0.2) is 11.6 Å². The molecule has 29 heavy (non-hydrogen) atoms. The molecule has 2 aromatic rings. The van der Waals surface area contributed by atoms with E-state index < -0.39 is 33.6 Å². The van der Waals surface area contributed by atoms with Gasteiger partial charge in [-0.25, -0.2) is 17.2 Å². The van der Waals surface area contributed by atoms with Gasteiger partial charge in [-0.1, -0.05) is 19.9 Å². The standard InChI is InChI=1S/C20H24F2N2O4S/c1-13(2)10-18(20(23)25)24(12-14-4-9-19(28-3)17(22)11-14)29(26,27)16-7-5-15(21)6-8-16/h4-9,11,13,18H,10,12H2,1-3H3,(H2,23,25)/t18-/m1/s1. The average molecular weight is 426 g/mol. The van der Waals surface area contributed by atoms with Gasteiger partial charge >= 0.3 is 0 Å². The summed E-state index contributed by atoms with van der Waals surface area (Å²) < 4.78 is 59.7. The highest BCUT2D eigenvalue weighted by Crippen LogP contribution is 2.26. The number of methoxy groups -OCH3 is 1. The fourth-order valence-electron chi connectivity index (χ4n) is 2.91. The monoisotopic (exact) mass is 426 g/mol. The molecular weight excluding hydrogens is 402 g/mol. The molecule has 0 unspecified atom stereocenters. The van der Waals surface area contributed by atoms with Crippen LogP contribution in [0, 0.1) is 17.6 Å². The van der Waals surface area contributed by atoms with Gasteiger partial charge in [-0.15, -0.1) is 0 Å². The summed E-state index contributed by atoms with van der Waals surface area (Å²) >= 11 is 0. The summed E-state index contributed by atoms with van der Waals surface area (Å²) in [5, 5.41) is 0. The molecule has 9 heteroatoms. The number of nitrogens with zero attached hydrogens (tertiary/aromatic N) is 1. The molecule has 1 atom stereocenters. The first-order valence-corrected chi connectivity index (χ1v) is 10.4. The van der Waals surface area contributed by atoms with Crippen LogP contribution >= 0.6 is 0 Å². The molecule has 0 saturated heterocycles. The molecule has 0 aliphatic heterocycles. The lowest BCUT2D eigenvalue weighted by molar-refractivity contribution is -0.122. The number of carbonyl (C=O) groups excluding carboxylic acids is 1. The molecule has 6 nitrogen and oxygen atoms in total. The molecule has 0 fully saturated rings. The number of sulfonamides is 1. The Bertz CT molecular complexity index is 963. The number of hydrogen-bond donors (Lipinski definition) is 1. The minimum Gasteiger partial charge on any atom is -0.494 e. The number of halogens is 2. The molecule has 0 saturated carbocycles. The molecule has 2 N–H and O–H groups in total. The topological polar surface area (TPSA) is 89.7 Å². The second kappa shape index (κ2) is 9.32. The summed E-state index contributed by atoms with van der Waals surface area (Å²) in [5.74, 6) is -2.11. The van der Waals surface area contributed by atoms with Crippen LogP contribution in [0.2, 0.25) is 0 Å². The molecule has 2 aromatic carbocycles. The summed E-state index contributed by atoms with van der Waals surface area (Å²) in [6.45, 7) is 3.36. The molecule has 2 rings (SSSR count). The molecule has 0 heterocycles. The maximum absolute atomic E-state index is 14.1. The normalized spacial score (nSPS) is 12.9. The first-order valence-electron chi connectivity index (χ1n) is 8.95. The molecule has 0 aliphatic carbocycles. The SMILES string of the molecule is COc1ccc(CN([C@H](CC(C)C)C(N)=O)S(=O)(=O)c2ccc(F)cc2)cc1F. The van der Waals surface area contributed by atoms with Crippen molar-refractivity contribution in [1.29, 1.82) is 0 Å². The molecule has 0 spiro atoms. The van der Waals surface area contributed by atoms with Crippen LogP contribution in [0.3, 0.4) is 0 Å². The van der Waals surface area contributed by atoms with Gasteiger partial charge in [-0.05, 0) is 54.3 Å². The fraction of sp³-hybridized carbons (Fsp3) is 0.350. The third-order valence-electron chi connectivity index (χ3n) is 4.35. The van der Waals surface area contributed by atoms with E-state index in [-0.39, 0.29) is 29.5 Å². The van der Waals surface area contributed by atoms with E-state index in [1.807, 2.05) is 13.8 Å². The number of rotatable bonds is 9. The molecule has 0 bridgehead atoms. The lowest BCUT2D eigenvalue weighted by atomic mass is 10.0. The number of amides is 1. The van der Waals surface area contributed by atoms with Crippen LogP contribution < -0.4 is 10.5 Å². The maximum Gasteiger partial charge on any atom is 0.244 e. The van der Waals surface area contributed by atoms with E-state index in [0.29, 0.717) is 5.56 Å². The Morgan fingerprint density at radius 3 is 2.24 bits per heavy atom. The van der Waals surface area contributed by atoms with Crippen molar-refractivity contribution >= 4 is 15.9 Å². The summed E-state index contributed by atoms with van der Waals surface area (Å²) in [6.07, 6.45) is 0.175. The van der Waals surface area contributed by atoms with E-state index in [1.54, 1.807) is 0 Å². The van der Waals surface area contributed by atoms with Crippen molar-refractivity contribution in [2.45, 2.75) is 37.8 Å². The third kappa shape index (κ3) is 5.51. The Morgan fingerprint density at radius 1 is 1.14 bits per heavy atom. The predicted molar refractivity (Wildman–Crippen MR) is 105 cm³/mol. The highest BCUT2D eigenvalue weighted by atomic mass is 32.2. The van der Waals surface area contributed by atoms with E-state index in [1.165, 1.54) is 19.2 Å². The Hall–Kier alpha value is -2.52. The Labute approximate surface area is 169 Å². The second-order valence-electron chi connectivity index (χ2n) is 7.02. The van der Waals surface area contributed by atoms with Crippen LogP contribution in [-0.4, -0.2) is 31.8 Å². The number of hydrogen-bond acceptors (Lipinski definition) is 4. The van der Waals surface area contributed by atoms with Crippen molar-refractivity contribution < 1.29 is 26.7 Å². The summed E-state index contributed by atoms with van der Waals surface area (Å²) in [6, 6.07) is 7.10. The third-order valence-corrected chi connectivity index (χ3v) is 6.21. The molecule has 0 radical (unpaired) electrons. The zero-order chi connectivity index (χ0) is 21.8. The molecule has 1 amide bonds. The number of ether oxygens (including phenoxy) is 1. The zero-order valence-corrected chi connectivity index (χ0v) is 17.2. The lowest BCUT2D eigenvalue weighted by Gasteiger charge is -2.30. The summed E-state index contributed by atoms with van der Waals surface area (Å²) in [5.41, 5.74) is 5.82. The first kappa shape index (κ1) is 22.8. The van der Waals surface area contributed by atoms with Crippen LogP contribution in [0.4, 0.5) is 8.78 Å². The quantitative estimate of drug-likeness (QED) is 0.667. The lowest BCUT2D eigenvalue weighted by Crippen LogP contribution is -2.48. The Kier molecular flexibility index (Phi) is 7.32. The summed E-state index contributed by atoms with van der Waals surface area (Å²) in [4.78, 5) is 11.9. The van der Waals surface area contributed by atoms with Gasteiger partial charge in [0.1, 0.15) is 11.9 Å². The van der Waals surface area contributed by atoms with E-state index >= 15 is 0 Å². The highest BCUT2D eigenvalue weighted by molar-refractivity contribution is 7.89. The molecule has 0 aromatic heterocycles. The molecular formula is C20H24F2N2O4S. The van der Waals surface area contributed by atoms with E-state index in [2.05, 4.69) is 0 Å². The first-order chi connectivity index (χ1) is 13.6. The minimum atomic E-state index is -4.22. The van der Waals surface area contributed by atoms with Crippen molar-refractivity contribution in [1.82, 2.24) is 4.31 Å². The van der Waals surface area contributed by atoms with Gasteiger partial charge in [0, 0.05) is 6.54 Å². The highest BCUT2D eigenvalue weighted by Gasteiger charge is 2.35. The van der Waals surface area contributed by atoms with Crippen LogP contribution in [0.5, 0.6) is 5.75 Å². The number of carbonyl (C=O) groups is 1. The fourth-order valence-corrected chi connectivity index (χ4v) is 4.51. The van der Waals surface area contributed by atoms with Crippen molar-refractivity contribution in [3.8, 4) is 5.75 Å². The van der Waals surface area contributed by atoms with Gasteiger partial charge < -0.3 is 10.5 Å². The van der Waals surface area contributed by atoms with Gasteiger partial charge in [-0.2, -0.15) is 4.31 Å². The van der Waals surface area contributed by atoms with Gasteiger partial charge in [0.2, 0.25) is 15.9 Å². The van der Waals surface area contributed by atoms with Crippen molar-refractivity contribution in [2.24, 2.45) is 11.7 Å². The Balaban J connectivity index is 2.53. The van der Waals surface area contributed by atoms with Crippen molar-refractivity contribution in [3.05, 3.63) is 59.7 Å². The van der Waals surface area contributed by atoms with Crippen molar-refractivity contribution in [2.75, 3.05) is 7.11 Å². The van der Waals surface area contributed by atoms with E-state index in [4.69, 9.17) is 10.5 Å². The van der Waals surface area contributed by atoms with E-state index in [0.717, 1.165) is 34.6 Å². The number of primary amides is 1. The Morgan fingerprint density at radius 2 is 1.76 bits per heavy atom. The smallest absolute Gasteiger partial charge is 0.244 e. The van der Waals surface area contributed by atoms with Gasteiger partial charge in [0.05, 0.1) is 12.0 Å². The van der Waals surface area contributed by atoms with Crippen LogP contribution in [0.1, 0.15) is 25.8 Å². The second-order valence-corrected chi connectivity index (χ2v) is 8.91. The van der Waals surface area contributed by atoms with Crippen LogP contribution in [0.15, 0.2) is 47.4 Å². The van der Waals surface area contributed by atoms with Crippen LogP contribution in [0.25, 0.3) is 0 Å². The van der Waals surface area contributed by atoms with Gasteiger partial charge in [-0.3, -0.25) is 4.79 Å². The zero-order valence-electron chi connectivity index (χ0n) is 16.4. The largest absolute Gasteiger partial charge is 0.494 e. The summed E-state index contributed by atoms with van der Waals surface area (Å²) in [7, 11) is -2.91. The number of benzene rings is 2. The average Bonchev–Trinajstić information content (AvgIpc) is 2.64. The minimum absolute atomic E-state index is 0.00956. The van der Waals surface area contributed by atoms with Crippen LogP contribution in [-0.2, 0) is 21.4 Å². The van der Waals surface area contributed by atoms with Gasteiger partial charge in [0.25, 0.3) is 0 Å². The predicted octanol–water partition coefficient (Wildman–Crippen LogP) is 3.06. The van der Waals surface area contributed by atoms with E-state index in [9.17, 15) is 22.0 Å². The number of nitrogens with two attached hydrogens (primary N) is 1.